The molecular weight excluding hydrogens is 318 g/mol. The number of carbonyl (C=O) groups is 2. The molecule has 0 saturated heterocycles. The number of benzene rings is 1. The number of ether oxygens (including phenoxy) is 1. The van der Waals surface area contributed by atoms with Crippen molar-refractivity contribution in [3.63, 3.8) is 0 Å². The Morgan fingerprint density at radius 2 is 2.09 bits per heavy atom. The monoisotopic (exact) mass is 339 g/mol. The molecule has 1 aromatic carbocycles. The number of amides is 1. The van der Waals surface area contributed by atoms with Gasteiger partial charge in [-0.3, -0.25) is 4.79 Å². The van der Waals surface area contributed by atoms with E-state index in [1.54, 1.807) is 0 Å². The fourth-order valence-corrected chi connectivity index (χ4v) is 3.09. The van der Waals surface area contributed by atoms with Gasteiger partial charge in [0.15, 0.2) is 6.61 Å². The molecule has 126 valence electrons. The number of hydrogen-bond acceptors (Lipinski definition) is 4. The number of aromatic hydroxyl groups is 1. The number of esters is 1. The number of nitrogens with one attached hydrogen (secondary N) is 1. The molecule has 1 fully saturated rings. The normalized spacial score (nSPS) is 24.0. The zero-order chi connectivity index (χ0) is 17.0. The van der Waals surface area contributed by atoms with Gasteiger partial charge in [-0.2, -0.15) is 0 Å². The minimum Gasteiger partial charge on any atom is -0.507 e. The molecule has 0 unspecified atom stereocenters. The van der Waals surface area contributed by atoms with E-state index in [1.807, 2.05) is 0 Å². The molecule has 2 N–H and O–H groups in total. The van der Waals surface area contributed by atoms with Crippen molar-refractivity contribution in [1.82, 2.24) is 5.32 Å². The topological polar surface area (TPSA) is 75.6 Å². The van der Waals surface area contributed by atoms with Crippen LogP contribution in [0.3, 0.4) is 0 Å². The van der Waals surface area contributed by atoms with Gasteiger partial charge in [-0.05, 0) is 36.5 Å². The molecule has 0 aromatic heterocycles. The van der Waals surface area contributed by atoms with Crippen LogP contribution < -0.4 is 5.32 Å². The van der Waals surface area contributed by atoms with Crippen molar-refractivity contribution in [2.75, 3.05) is 6.61 Å². The molecule has 0 spiro atoms. The number of phenolic OH excluding ortho intramolecular Hbond substituents is 1. The largest absolute Gasteiger partial charge is 0.507 e. The van der Waals surface area contributed by atoms with Crippen LogP contribution in [-0.2, 0) is 9.53 Å². The summed E-state index contributed by atoms with van der Waals surface area (Å²) in [5.41, 5.74) is -0.0510. The predicted octanol–water partition coefficient (Wildman–Crippen LogP) is 3.14. The number of rotatable bonds is 4. The van der Waals surface area contributed by atoms with Gasteiger partial charge in [0.1, 0.15) is 11.3 Å². The van der Waals surface area contributed by atoms with Crippen molar-refractivity contribution in [2.24, 2.45) is 11.8 Å². The summed E-state index contributed by atoms with van der Waals surface area (Å²) in [6, 6.07) is 4.20. The van der Waals surface area contributed by atoms with Crippen LogP contribution in [0, 0.1) is 11.8 Å². The number of phenols is 1. The summed E-state index contributed by atoms with van der Waals surface area (Å²) in [6.07, 6.45) is 3.21. The highest BCUT2D eigenvalue weighted by molar-refractivity contribution is 6.31. The van der Waals surface area contributed by atoms with Gasteiger partial charge in [0.25, 0.3) is 5.91 Å². The highest BCUT2D eigenvalue weighted by atomic mass is 35.5. The van der Waals surface area contributed by atoms with Crippen molar-refractivity contribution in [3.05, 3.63) is 28.8 Å². The summed E-state index contributed by atoms with van der Waals surface area (Å²) < 4.78 is 4.96. The molecule has 1 aromatic rings. The van der Waals surface area contributed by atoms with Gasteiger partial charge in [0.2, 0.25) is 0 Å². The first-order chi connectivity index (χ1) is 10.9. The van der Waals surface area contributed by atoms with E-state index in [4.69, 9.17) is 16.3 Å². The van der Waals surface area contributed by atoms with Crippen LogP contribution in [0.15, 0.2) is 18.2 Å². The SMILES string of the molecule is C[C@@H]1[C@H](C)CCC[C@H]1NC(=O)COC(=O)c1cc(Cl)ccc1O. The maximum atomic E-state index is 12.0. The van der Waals surface area contributed by atoms with Crippen molar-refractivity contribution in [2.45, 2.75) is 39.2 Å². The highest BCUT2D eigenvalue weighted by Gasteiger charge is 2.28. The summed E-state index contributed by atoms with van der Waals surface area (Å²) in [5.74, 6) is -0.356. The maximum Gasteiger partial charge on any atom is 0.342 e. The molecule has 5 nitrogen and oxygen atoms in total. The molecule has 1 amide bonds. The summed E-state index contributed by atoms with van der Waals surface area (Å²) in [4.78, 5) is 23.9. The predicted molar refractivity (Wildman–Crippen MR) is 87.5 cm³/mol. The second kappa shape index (κ2) is 7.68. The van der Waals surface area contributed by atoms with Gasteiger partial charge in [0, 0.05) is 11.1 Å². The highest BCUT2D eigenvalue weighted by Crippen LogP contribution is 2.29. The third-order valence-corrected chi connectivity index (χ3v) is 4.80. The van der Waals surface area contributed by atoms with E-state index in [-0.39, 0.29) is 29.9 Å². The average Bonchev–Trinajstić information content (AvgIpc) is 2.52. The third-order valence-electron chi connectivity index (χ3n) is 4.57. The fourth-order valence-electron chi connectivity index (χ4n) is 2.91. The summed E-state index contributed by atoms with van der Waals surface area (Å²) >= 11 is 5.78. The zero-order valence-electron chi connectivity index (χ0n) is 13.3. The Balaban J connectivity index is 1.86. The smallest absolute Gasteiger partial charge is 0.342 e. The van der Waals surface area contributed by atoms with Crippen LogP contribution in [0.1, 0.15) is 43.5 Å². The maximum absolute atomic E-state index is 12.0. The Labute approximate surface area is 141 Å². The first-order valence-electron chi connectivity index (χ1n) is 7.83. The van der Waals surface area contributed by atoms with Crippen LogP contribution in [-0.4, -0.2) is 29.6 Å². The van der Waals surface area contributed by atoms with E-state index >= 15 is 0 Å². The van der Waals surface area contributed by atoms with Crippen LogP contribution in [0.4, 0.5) is 0 Å². The average molecular weight is 340 g/mol. The van der Waals surface area contributed by atoms with Gasteiger partial charge in [-0.25, -0.2) is 4.79 Å². The van der Waals surface area contributed by atoms with Crippen LogP contribution in [0.2, 0.25) is 5.02 Å². The van der Waals surface area contributed by atoms with Crippen molar-refractivity contribution in [3.8, 4) is 5.75 Å². The van der Waals surface area contributed by atoms with E-state index in [9.17, 15) is 14.7 Å². The lowest BCUT2D eigenvalue weighted by Gasteiger charge is -2.34. The van der Waals surface area contributed by atoms with E-state index in [1.165, 1.54) is 24.6 Å². The summed E-state index contributed by atoms with van der Waals surface area (Å²) in [5, 5.41) is 12.9. The molecule has 1 aliphatic rings. The lowest BCUT2D eigenvalue weighted by atomic mass is 9.78. The fraction of sp³-hybridized carbons (Fsp3) is 0.529. The van der Waals surface area contributed by atoms with Gasteiger partial charge >= 0.3 is 5.97 Å². The quantitative estimate of drug-likeness (QED) is 0.826. The second-order valence-corrected chi connectivity index (χ2v) is 6.62. The summed E-state index contributed by atoms with van der Waals surface area (Å²) in [6.45, 7) is 3.94. The first-order valence-corrected chi connectivity index (χ1v) is 8.21. The lowest BCUT2D eigenvalue weighted by Crippen LogP contribution is -2.45. The molecule has 1 saturated carbocycles. The minimum absolute atomic E-state index is 0.0510. The third kappa shape index (κ3) is 4.61. The van der Waals surface area contributed by atoms with Crippen molar-refractivity contribution >= 4 is 23.5 Å². The Morgan fingerprint density at radius 3 is 2.83 bits per heavy atom. The molecule has 3 atom stereocenters. The molecule has 6 heteroatoms. The lowest BCUT2D eigenvalue weighted by molar-refractivity contribution is -0.125. The number of carbonyl (C=O) groups excluding carboxylic acids is 2. The molecule has 2 rings (SSSR count). The molecule has 23 heavy (non-hydrogen) atoms. The van der Waals surface area contributed by atoms with Crippen molar-refractivity contribution < 1.29 is 19.4 Å². The molecule has 1 aliphatic carbocycles. The molecule has 0 bridgehead atoms. The number of halogens is 1. The number of hydrogen-bond donors (Lipinski definition) is 2. The van der Waals surface area contributed by atoms with E-state index in [0.29, 0.717) is 16.9 Å². The molecular formula is C17H22ClNO4. The molecule has 0 aliphatic heterocycles. The second-order valence-electron chi connectivity index (χ2n) is 6.18. The Kier molecular flexibility index (Phi) is 5.88. The summed E-state index contributed by atoms with van der Waals surface area (Å²) in [7, 11) is 0. The Hall–Kier alpha value is -1.75. The first kappa shape index (κ1) is 17.6. The van der Waals surface area contributed by atoms with Crippen LogP contribution in [0.5, 0.6) is 5.75 Å². The zero-order valence-corrected chi connectivity index (χ0v) is 14.1. The van der Waals surface area contributed by atoms with E-state index in [0.717, 1.165) is 12.8 Å². The van der Waals surface area contributed by atoms with Crippen molar-refractivity contribution in [1.29, 1.82) is 0 Å². The molecule has 0 heterocycles. The van der Waals surface area contributed by atoms with Gasteiger partial charge < -0.3 is 15.2 Å². The standard InChI is InChI=1S/C17H22ClNO4/c1-10-4-3-5-14(11(10)2)19-16(21)9-23-17(22)13-8-12(18)6-7-15(13)20/h6-8,10-11,14,20H,3-5,9H2,1-2H3,(H,19,21)/t10-,11-,14-/m1/s1. The van der Waals surface area contributed by atoms with Gasteiger partial charge in [0.05, 0.1) is 0 Å². The Bertz CT molecular complexity index is 590. The van der Waals surface area contributed by atoms with E-state index < -0.39 is 5.97 Å². The van der Waals surface area contributed by atoms with Gasteiger partial charge in [-0.1, -0.05) is 38.3 Å². The molecule has 0 radical (unpaired) electrons. The van der Waals surface area contributed by atoms with Crippen LogP contribution >= 0.6 is 11.6 Å². The minimum atomic E-state index is -0.773. The van der Waals surface area contributed by atoms with E-state index in [2.05, 4.69) is 19.2 Å². The van der Waals surface area contributed by atoms with Gasteiger partial charge in [-0.15, -0.1) is 0 Å². The van der Waals surface area contributed by atoms with Crippen LogP contribution in [0.25, 0.3) is 0 Å². The Morgan fingerprint density at radius 1 is 1.35 bits per heavy atom.